The highest BCUT2D eigenvalue weighted by Crippen LogP contribution is 2.27. The second-order valence-corrected chi connectivity index (χ2v) is 10.5. The summed E-state index contributed by atoms with van der Waals surface area (Å²) in [5.41, 5.74) is 3.39. The van der Waals surface area contributed by atoms with Crippen molar-refractivity contribution in [2.45, 2.75) is 52.7 Å². The van der Waals surface area contributed by atoms with E-state index < -0.39 is 6.04 Å². The van der Waals surface area contributed by atoms with Crippen molar-refractivity contribution in [1.82, 2.24) is 10.2 Å². The fraction of sp³-hybridized carbons (Fsp3) is 0.310. The van der Waals surface area contributed by atoms with Crippen LogP contribution in [0.3, 0.4) is 0 Å². The Bertz CT molecular complexity index is 1230. The molecule has 196 valence electrons. The third kappa shape index (κ3) is 8.13. The van der Waals surface area contributed by atoms with Crippen LogP contribution in [-0.2, 0) is 22.6 Å². The van der Waals surface area contributed by atoms with Crippen LogP contribution in [-0.4, -0.2) is 35.4 Å². The van der Waals surface area contributed by atoms with Crippen molar-refractivity contribution >= 4 is 46.6 Å². The number of aryl methyl sites for hydroxylation is 2. The molecule has 0 radical (unpaired) electrons. The fourth-order valence-corrected chi connectivity index (χ4v) is 4.42. The molecule has 37 heavy (non-hydrogen) atoms. The minimum atomic E-state index is -0.774. The van der Waals surface area contributed by atoms with Crippen molar-refractivity contribution in [3.63, 3.8) is 0 Å². The lowest BCUT2D eigenvalue weighted by atomic mass is 10.0. The number of nitrogens with zero attached hydrogens (tertiary/aromatic N) is 1. The number of hydrogen-bond donors (Lipinski definition) is 1. The molecule has 1 atom stereocenters. The Morgan fingerprint density at radius 1 is 0.892 bits per heavy atom. The largest absolute Gasteiger partial charge is 0.484 e. The van der Waals surface area contributed by atoms with Gasteiger partial charge in [-0.25, -0.2) is 0 Å². The van der Waals surface area contributed by atoms with Crippen molar-refractivity contribution < 1.29 is 14.3 Å². The quantitative estimate of drug-likeness (QED) is 0.296. The first-order valence-electron chi connectivity index (χ1n) is 12.0. The van der Waals surface area contributed by atoms with E-state index in [-0.39, 0.29) is 31.0 Å². The van der Waals surface area contributed by atoms with E-state index in [0.29, 0.717) is 27.2 Å². The van der Waals surface area contributed by atoms with Crippen LogP contribution in [0.5, 0.6) is 5.75 Å². The van der Waals surface area contributed by atoms with E-state index in [1.807, 2.05) is 58.0 Å². The molecule has 0 spiro atoms. The first kappa shape index (κ1) is 28.8. The summed E-state index contributed by atoms with van der Waals surface area (Å²) < 4.78 is 5.88. The van der Waals surface area contributed by atoms with Crippen molar-refractivity contribution in [2.75, 3.05) is 6.61 Å². The van der Waals surface area contributed by atoms with Gasteiger partial charge in [0.1, 0.15) is 11.8 Å². The summed E-state index contributed by atoms with van der Waals surface area (Å²) in [6.45, 7) is 7.44. The number of hydrogen-bond acceptors (Lipinski definition) is 3. The second kappa shape index (κ2) is 13.2. The first-order chi connectivity index (χ1) is 17.5. The summed E-state index contributed by atoms with van der Waals surface area (Å²) in [4.78, 5) is 28.6. The molecule has 0 bridgehead atoms. The van der Waals surface area contributed by atoms with Gasteiger partial charge < -0.3 is 15.0 Å². The average molecular weight is 562 g/mol. The standard InChI is InChI=1S/C29H31Cl3N2O3/c1-18(2)33-29(36)26(15-21-8-6-5-7-9-21)34(16-22-10-11-24(30)25(31)14-22)27(35)17-37-23-12-19(3)28(32)20(4)13-23/h5-14,18,26H,15-17H2,1-4H3,(H,33,36). The van der Waals surface area contributed by atoms with Crippen LogP contribution >= 0.6 is 34.8 Å². The molecular weight excluding hydrogens is 531 g/mol. The summed E-state index contributed by atoms with van der Waals surface area (Å²) in [5.74, 6) is -0.0462. The molecule has 5 nitrogen and oxygen atoms in total. The van der Waals surface area contributed by atoms with Gasteiger partial charge in [-0.2, -0.15) is 0 Å². The van der Waals surface area contributed by atoms with Gasteiger partial charge in [-0.3, -0.25) is 9.59 Å². The minimum Gasteiger partial charge on any atom is -0.484 e. The average Bonchev–Trinajstić information content (AvgIpc) is 2.85. The smallest absolute Gasteiger partial charge is 0.261 e. The van der Waals surface area contributed by atoms with Gasteiger partial charge >= 0.3 is 0 Å². The molecule has 0 saturated heterocycles. The number of benzene rings is 3. The molecule has 3 rings (SSSR count). The van der Waals surface area contributed by atoms with Gasteiger partial charge in [0.05, 0.1) is 10.0 Å². The molecule has 0 fully saturated rings. The molecule has 0 aliphatic carbocycles. The Hall–Kier alpha value is -2.73. The van der Waals surface area contributed by atoms with Gasteiger partial charge in [-0.15, -0.1) is 0 Å². The fourth-order valence-electron chi connectivity index (χ4n) is 3.99. The number of halogens is 3. The topological polar surface area (TPSA) is 58.6 Å². The highest BCUT2D eigenvalue weighted by atomic mass is 35.5. The minimum absolute atomic E-state index is 0.0935. The monoisotopic (exact) mass is 560 g/mol. The highest BCUT2D eigenvalue weighted by molar-refractivity contribution is 6.42. The third-order valence-electron chi connectivity index (χ3n) is 5.81. The van der Waals surface area contributed by atoms with Crippen molar-refractivity contribution in [1.29, 1.82) is 0 Å². The number of nitrogens with one attached hydrogen (secondary N) is 1. The van der Waals surface area contributed by atoms with E-state index in [9.17, 15) is 9.59 Å². The van der Waals surface area contributed by atoms with Crippen LogP contribution < -0.4 is 10.1 Å². The predicted octanol–water partition coefficient (Wildman–Crippen LogP) is 6.81. The molecule has 0 aliphatic heterocycles. The van der Waals surface area contributed by atoms with E-state index in [0.717, 1.165) is 22.3 Å². The summed E-state index contributed by atoms with van der Waals surface area (Å²) >= 11 is 18.6. The van der Waals surface area contributed by atoms with Gasteiger partial charge in [-0.05, 0) is 74.2 Å². The van der Waals surface area contributed by atoms with E-state index in [2.05, 4.69) is 5.32 Å². The van der Waals surface area contributed by atoms with Crippen LogP contribution in [0.15, 0.2) is 60.7 Å². The number of carbonyl (C=O) groups is 2. The van der Waals surface area contributed by atoms with Crippen LogP contribution in [0.25, 0.3) is 0 Å². The number of amides is 2. The van der Waals surface area contributed by atoms with Crippen LogP contribution in [0.1, 0.15) is 36.1 Å². The normalized spacial score (nSPS) is 11.8. The van der Waals surface area contributed by atoms with Crippen LogP contribution in [0.2, 0.25) is 15.1 Å². The summed E-state index contributed by atoms with van der Waals surface area (Å²) in [6.07, 6.45) is 0.339. The SMILES string of the molecule is Cc1cc(OCC(=O)N(Cc2ccc(Cl)c(Cl)c2)C(Cc2ccccc2)C(=O)NC(C)C)cc(C)c1Cl. The molecule has 0 heterocycles. The molecule has 0 aliphatic rings. The van der Waals surface area contributed by atoms with E-state index in [4.69, 9.17) is 39.5 Å². The lowest BCUT2D eigenvalue weighted by molar-refractivity contribution is -0.143. The first-order valence-corrected chi connectivity index (χ1v) is 13.2. The van der Waals surface area contributed by atoms with Gasteiger partial charge in [0, 0.05) is 24.0 Å². The molecule has 1 N–H and O–H groups in total. The maximum Gasteiger partial charge on any atom is 0.261 e. The second-order valence-electron chi connectivity index (χ2n) is 9.30. The Labute approximate surface area is 233 Å². The third-order valence-corrected chi connectivity index (χ3v) is 7.15. The maximum absolute atomic E-state index is 13.7. The zero-order valence-corrected chi connectivity index (χ0v) is 23.6. The Morgan fingerprint density at radius 2 is 1.54 bits per heavy atom. The zero-order valence-electron chi connectivity index (χ0n) is 21.4. The molecule has 3 aromatic rings. The van der Waals surface area contributed by atoms with Gasteiger partial charge in [0.15, 0.2) is 6.61 Å². The lowest BCUT2D eigenvalue weighted by Gasteiger charge is -2.32. The Kier molecular flexibility index (Phi) is 10.3. The van der Waals surface area contributed by atoms with Crippen molar-refractivity contribution in [3.05, 3.63) is 98.0 Å². The molecule has 0 aromatic heterocycles. The van der Waals surface area contributed by atoms with E-state index in [1.165, 1.54) is 0 Å². The van der Waals surface area contributed by atoms with Crippen LogP contribution in [0.4, 0.5) is 0 Å². The highest BCUT2D eigenvalue weighted by Gasteiger charge is 2.31. The Morgan fingerprint density at radius 3 is 2.14 bits per heavy atom. The predicted molar refractivity (Wildman–Crippen MR) is 151 cm³/mol. The van der Waals surface area contributed by atoms with Gasteiger partial charge in [0.2, 0.25) is 5.91 Å². The maximum atomic E-state index is 13.7. The van der Waals surface area contributed by atoms with E-state index in [1.54, 1.807) is 35.2 Å². The zero-order chi connectivity index (χ0) is 27.1. The number of carbonyl (C=O) groups excluding carboxylic acids is 2. The van der Waals surface area contributed by atoms with Gasteiger partial charge in [0.25, 0.3) is 5.91 Å². The summed E-state index contributed by atoms with van der Waals surface area (Å²) in [7, 11) is 0. The molecule has 1 unspecified atom stereocenters. The Balaban J connectivity index is 1.94. The van der Waals surface area contributed by atoms with Crippen molar-refractivity contribution in [2.24, 2.45) is 0 Å². The number of rotatable bonds is 10. The lowest BCUT2D eigenvalue weighted by Crippen LogP contribution is -2.52. The molecule has 8 heteroatoms. The molecule has 0 saturated carbocycles. The molecule has 3 aromatic carbocycles. The molecular formula is C29H31Cl3N2O3. The van der Waals surface area contributed by atoms with Crippen LogP contribution in [0, 0.1) is 13.8 Å². The summed E-state index contributed by atoms with van der Waals surface area (Å²) in [6, 6.07) is 17.5. The summed E-state index contributed by atoms with van der Waals surface area (Å²) in [5, 5.41) is 4.42. The van der Waals surface area contributed by atoms with Gasteiger partial charge in [-0.1, -0.05) is 71.2 Å². The number of ether oxygens (including phenoxy) is 1. The van der Waals surface area contributed by atoms with E-state index >= 15 is 0 Å². The van der Waals surface area contributed by atoms with Crippen molar-refractivity contribution in [3.8, 4) is 5.75 Å². The molecule has 2 amide bonds.